The maximum Gasteiger partial charge on any atom is 0.0544 e. The summed E-state index contributed by atoms with van der Waals surface area (Å²) in [6.07, 6.45) is 0. The van der Waals surface area contributed by atoms with Crippen molar-refractivity contribution in [2.24, 2.45) is 7.05 Å². The number of nitrogens with one attached hydrogen (secondary N) is 1. The minimum Gasteiger partial charge on any atom is -0.352 e. The summed E-state index contributed by atoms with van der Waals surface area (Å²) in [6.45, 7) is 8.03. The summed E-state index contributed by atoms with van der Waals surface area (Å²) in [5.41, 5.74) is 6.17. The van der Waals surface area contributed by atoms with Crippen LogP contribution < -0.4 is 5.32 Å². The second kappa shape index (κ2) is 5.36. The SMILES string of the molecule is Cc1cccc(CNCc2cc(C)n(C)c2C)n1. The van der Waals surface area contributed by atoms with Gasteiger partial charge in [-0.2, -0.15) is 0 Å². The zero-order valence-electron chi connectivity index (χ0n) is 11.6. The molecule has 0 aliphatic carbocycles. The zero-order valence-corrected chi connectivity index (χ0v) is 11.6. The Kier molecular flexibility index (Phi) is 3.82. The highest BCUT2D eigenvalue weighted by Crippen LogP contribution is 2.12. The summed E-state index contributed by atoms with van der Waals surface area (Å²) < 4.78 is 2.22. The Morgan fingerprint density at radius 2 is 1.94 bits per heavy atom. The molecular weight excluding hydrogens is 222 g/mol. The van der Waals surface area contributed by atoms with Gasteiger partial charge < -0.3 is 9.88 Å². The van der Waals surface area contributed by atoms with E-state index in [1.54, 1.807) is 0 Å². The highest BCUT2D eigenvalue weighted by atomic mass is 15.0. The second-order valence-electron chi connectivity index (χ2n) is 4.83. The minimum atomic E-state index is 0.815. The first kappa shape index (κ1) is 12.8. The van der Waals surface area contributed by atoms with E-state index in [1.165, 1.54) is 17.0 Å². The number of aryl methyl sites for hydroxylation is 2. The lowest BCUT2D eigenvalue weighted by molar-refractivity contribution is 0.673. The van der Waals surface area contributed by atoms with E-state index in [4.69, 9.17) is 0 Å². The van der Waals surface area contributed by atoms with Gasteiger partial charge in [-0.05, 0) is 44.5 Å². The molecule has 0 unspecified atom stereocenters. The van der Waals surface area contributed by atoms with E-state index in [1.807, 2.05) is 13.0 Å². The van der Waals surface area contributed by atoms with E-state index >= 15 is 0 Å². The van der Waals surface area contributed by atoms with Gasteiger partial charge in [-0.25, -0.2) is 0 Å². The molecule has 0 amide bonds. The molecule has 0 aliphatic heterocycles. The van der Waals surface area contributed by atoms with Crippen molar-refractivity contribution in [1.29, 1.82) is 0 Å². The molecule has 0 aromatic carbocycles. The van der Waals surface area contributed by atoms with E-state index in [0.29, 0.717) is 0 Å². The van der Waals surface area contributed by atoms with Crippen molar-refractivity contribution in [2.45, 2.75) is 33.9 Å². The molecule has 0 radical (unpaired) electrons. The topological polar surface area (TPSA) is 29.9 Å². The van der Waals surface area contributed by atoms with Gasteiger partial charge in [0.15, 0.2) is 0 Å². The van der Waals surface area contributed by atoms with Gasteiger partial charge in [-0.15, -0.1) is 0 Å². The molecule has 0 aliphatic rings. The van der Waals surface area contributed by atoms with Crippen LogP contribution in [0, 0.1) is 20.8 Å². The molecule has 0 fully saturated rings. The van der Waals surface area contributed by atoms with Gasteiger partial charge in [0.2, 0.25) is 0 Å². The molecular formula is C15H21N3. The van der Waals surface area contributed by atoms with Crippen molar-refractivity contribution in [2.75, 3.05) is 0 Å². The molecule has 1 N–H and O–H groups in total. The average Bonchev–Trinajstić information content (AvgIpc) is 2.57. The van der Waals surface area contributed by atoms with Crippen molar-refractivity contribution >= 4 is 0 Å². The second-order valence-corrected chi connectivity index (χ2v) is 4.83. The lowest BCUT2D eigenvalue weighted by Gasteiger charge is -2.05. The number of hydrogen-bond acceptors (Lipinski definition) is 2. The summed E-state index contributed by atoms with van der Waals surface area (Å²) in [7, 11) is 2.11. The van der Waals surface area contributed by atoms with Crippen LogP contribution >= 0.6 is 0 Å². The minimum absolute atomic E-state index is 0.815. The molecule has 2 aromatic rings. The van der Waals surface area contributed by atoms with E-state index in [0.717, 1.165) is 24.5 Å². The lowest BCUT2D eigenvalue weighted by Crippen LogP contribution is -2.14. The molecule has 3 heteroatoms. The fourth-order valence-electron chi connectivity index (χ4n) is 2.14. The molecule has 0 atom stereocenters. The van der Waals surface area contributed by atoms with Crippen LogP contribution in [-0.4, -0.2) is 9.55 Å². The van der Waals surface area contributed by atoms with Crippen LogP contribution in [0.1, 0.15) is 28.3 Å². The van der Waals surface area contributed by atoms with Gasteiger partial charge in [0.05, 0.1) is 5.69 Å². The Balaban J connectivity index is 1.94. The molecule has 18 heavy (non-hydrogen) atoms. The third kappa shape index (κ3) is 2.79. The fraction of sp³-hybridized carbons (Fsp3) is 0.400. The maximum atomic E-state index is 4.48. The molecule has 2 rings (SSSR count). The fourth-order valence-corrected chi connectivity index (χ4v) is 2.14. The quantitative estimate of drug-likeness (QED) is 0.894. The summed E-state index contributed by atoms with van der Waals surface area (Å²) in [6, 6.07) is 8.38. The van der Waals surface area contributed by atoms with Crippen LogP contribution in [0.5, 0.6) is 0 Å². The summed E-state index contributed by atoms with van der Waals surface area (Å²) in [5, 5.41) is 3.45. The summed E-state index contributed by atoms with van der Waals surface area (Å²) >= 11 is 0. The van der Waals surface area contributed by atoms with Gasteiger partial charge in [0.25, 0.3) is 0 Å². The third-order valence-electron chi connectivity index (χ3n) is 3.45. The van der Waals surface area contributed by atoms with Crippen molar-refractivity contribution < 1.29 is 0 Å². The van der Waals surface area contributed by atoms with E-state index in [9.17, 15) is 0 Å². The summed E-state index contributed by atoms with van der Waals surface area (Å²) in [4.78, 5) is 4.48. The summed E-state index contributed by atoms with van der Waals surface area (Å²) in [5.74, 6) is 0. The molecule has 2 heterocycles. The first-order chi connectivity index (χ1) is 8.58. The van der Waals surface area contributed by atoms with Gasteiger partial charge >= 0.3 is 0 Å². The Morgan fingerprint density at radius 1 is 1.17 bits per heavy atom. The highest BCUT2D eigenvalue weighted by Gasteiger charge is 2.05. The Bertz CT molecular complexity index is 541. The Morgan fingerprint density at radius 3 is 2.56 bits per heavy atom. The van der Waals surface area contributed by atoms with E-state index in [-0.39, 0.29) is 0 Å². The predicted molar refractivity (Wildman–Crippen MR) is 74.4 cm³/mol. The third-order valence-corrected chi connectivity index (χ3v) is 3.45. The molecule has 96 valence electrons. The molecule has 0 spiro atoms. The lowest BCUT2D eigenvalue weighted by atomic mass is 10.2. The van der Waals surface area contributed by atoms with Crippen LogP contribution in [0.15, 0.2) is 24.3 Å². The van der Waals surface area contributed by atoms with Gasteiger partial charge in [-0.3, -0.25) is 4.98 Å². The number of nitrogens with zero attached hydrogens (tertiary/aromatic N) is 2. The monoisotopic (exact) mass is 243 g/mol. The maximum absolute atomic E-state index is 4.48. The largest absolute Gasteiger partial charge is 0.352 e. The van der Waals surface area contributed by atoms with E-state index in [2.05, 4.69) is 54.0 Å². The van der Waals surface area contributed by atoms with Gasteiger partial charge in [0.1, 0.15) is 0 Å². The van der Waals surface area contributed by atoms with Crippen LogP contribution in [0.2, 0.25) is 0 Å². The Labute approximate surface area is 109 Å². The Hall–Kier alpha value is -1.61. The van der Waals surface area contributed by atoms with Crippen molar-refractivity contribution in [1.82, 2.24) is 14.9 Å². The first-order valence-electron chi connectivity index (χ1n) is 6.33. The van der Waals surface area contributed by atoms with Crippen LogP contribution in [0.25, 0.3) is 0 Å². The zero-order chi connectivity index (χ0) is 13.1. The van der Waals surface area contributed by atoms with Crippen molar-refractivity contribution in [3.05, 3.63) is 52.6 Å². The van der Waals surface area contributed by atoms with Crippen LogP contribution in [-0.2, 0) is 20.1 Å². The normalized spacial score (nSPS) is 10.9. The van der Waals surface area contributed by atoms with Crippen LogP contribution in [0.3, 0.4) is 0 Å². The molecule has 2 aromatic heterocycles. The number of hydrogen-bond donors (Lipinski definition) is 1. The van der Waals surface area contributed by atoms with Gasteiger partial charge in [0, 0.05) is 37.2 Å². The standard InChI is InChI=1S/C15H21N3/c1-11-6-5-7-15(17-11)10-16-9-14-8-12(2)18(4)13(14)3/h5-8,16H,9-10H2,1-4H3. The van der Waals surface area contributed by atoms with Crippen molar-refractivity contribution in [3.8, 4) is 0 Å². The molecule has 0 saturated heterocycles. The molecule has 0 bridgehead atoms. The average molecular weight is 243 g/mol. The number of pyridine rings is 1. The van der Waals surface area contributed by atoms with Crippen LogP contribution in [0.4, 0.5) is 0 Å². The van der Waals surface area contributed by atoms with Crippen molar-refractivity contribution in [3.63, 3.8) is 0 Å². The molecule has 0 saturated carbocycles. The van der Waals surface area contributed by atoms with Gasteiger partial charge in [-0.1, -0.05) is 6.07 Å². The number of rotatable bonds is 4. The molecule has 3 nitrogen and oxygen atoms in total. The van der Waals surface area contributed by atoms with E-state index < -0.39 is 0 Å². The highest BCUT2D eigenvalue weighted by molar-refractivity contribution is 5.26. The predicted octanol–water partition coefficient (Wildman–Crippen LogP) is 2.64. The first-order valence-corrected chi connectivity index (χ1v) is 6.33. The number of aromatic nitrogens is 2. The smallest absolute Gasteiger partial charge is 0.0544 e.